The molecule has 21 heavy (non-hydrogen) atoms. The Morgan fingerprint density at radius 1 is 1.33 bits per heavy atom. The summed E-state index contributed by atoms with van der Waals surface area (Å²) in [5.41, 5.74) is 1.24. The minimum absolute atomic E-state index is 0.00777. The second kappa shape index (κ2) is 7.28. The zero-order valence-electron chi connectivity index (χ0n) is 11.9. The molecule has 2 N–H and O–H groups in total. The van der Waals surface area contributed by atoms with E-state index in [4.69, 9.17) is 11.5 Å². The molecule has 5 heteroatoms. The summed E-state index contributed by atoms with van der Waals surface area (Å²) in [4.78, 5) is 25.1. The molecule has 1 atom stereocenters. The van der Waals surface area contributed by atoms with Gasteiger partial charge in [-0.2, -0.15) is 0 Å². The molecule has 1 unspecified atom stereocenters. The van der Waals surface area contributed by atoms with Crippen LogP contribution in [0, 0.1) is 12.3 Å². The molecule has 0 saturated carbocycles. The lowest BCUT2D eigenvalue weighted by atomic mass is 10.00. The Bertz CT molecular complexity index is 545. The van der Waals surface area contributed by atoms with Gasteiger partial charge in [0, 0.05) is 11.3 Å². The fourth-order valence-electron chi connectivity index (χ4n) is 2.50. The number of thiophene rings is 1. The molecule has 0 spiro atoms. The predicted octanol–water partition coefficient (Wildman–Crippen LogP) is 2.61. The van der Waals surface area contributed by atoms with Crippen molar-refractivity contribution in [2.24, 2.45) is 0 Å². The summed E-state index contributed by atoms with van der Waals surface area (Å²) in [7, 11) is 0. The summed E-state index contributed by atoms with van der Waals surface area (Å²) in [6.45, 7) is 0. The molecule has 1 aromatic heterocycles. The van der Waals surface area contributed by atoms with Gasteiger partial charge in [-0.3, -0.25) is 4.79 Å². The van der Waals surface area contributed by atoms with Crippen molar-refractivity contribution in [2.75, 3.05) is 0 Å². The number of terminal acetylenes is 1. The van der Waals surface area contributed by atoms with Gasteiger partial charge in [-0.1, -0.05) is 12.8 Å². The first-order chi connectivity index (χ1) is 10.1. The lowest BCUT2D eigenvalue weighted by Crippen LogP contribution is -2.40. The zero-order chi connectivity index (χ0) is 15.2. The maximum absolute atomic E-state index is 12.2. The first-order valence-electron chi connectivity index (χ1n) is 7.20. The Kier molecular flexibility index (Phi) is 5.40. The van der Waals surface area contributed by atoms with E-state index < -0.39 is 12.0 Å². The molecule has 1 aromatic rings. The van der Waals surface area contributed by atoms with Gasteiger partial charge < -0.3 is 10.4 Å². The predicted molar refractivity (Wildman–Crippen MR) is 82.5 cm³/mol. The van der Waals surface area contributed by atoms with Gasteiger partial charge in [0.05, 0.1) is 4.88 Å². The third-order valence-electron chi connectivity index (χ3n) is 3.65. The van der Waals surface area contributed by atoms with Crippen molar-refractivity contribution in [3.8, 4) is 12.3 Å². The van der Waals surface area contributed by atoms with Crippen LogP contribution in [0.3, 0.4) is 0 Å². The largest absolute Gasteiger partial charge is 0.480 e. The SMILES string of the molecule is C#CCC(NC(=O)c1cc2c(s1)CCCCCC2)C(=O)O. The lowest BCUT2D eigenvalue weighted by molar-refractivity contribution is -0.139. The highest BCUT2D eigenvalue weighted by Crippen LogP contribution is 2.28. The van der Waals surface area contributed by atoms with Crippen LogP contribution in [0.4, 0.5) is 0 Å². The minimum Gasteiger partial charge on any atom is -0.480 e. The summed E-state index contributed by atoms with van der Waals surface area (Å²) in [5.74, 6) is 0.840. The van der Waals surface area contributed by atoms with Crippen LogP contribution >= 0.6 is 11.3 Å². The average Bonchev–Trinajstić information content (AvgIpc) is 2.80. The maximum Gasteiger partial charge on any atom is 0.327 e. The molecule has 4 nitrogen and oxygen atoms in total. The zero-order valence-corrected chi connectivity index (χ0v) is 12.7. The van der Waals surface area contributed by atoms with Gasteiger partial charge in [-0.15, -0.1) is 23.7 Å². The minimum atomic E-state index is -1.10. The van der Waals surface area contributed by atoms with Crippen LogP contribution in [-0.4, -0.2) is 23.0 Å². The Hall–Kier alpha value is -1.80. The molecule has 1 aliphatic rings. The fourth-order valence-corrected chi connectivity index (χ4v) is 3.66. The van der Waals surface area contributed by atoms with Crippen LogP contribution in [0.1, 0.15) is 52.2 Å². The van der Waals surface area contributed by atoms with Crippen molar-refractivity contribution in [3.63, 3.8) is 0 Å². The first kappa shape index (κ1) is 15.6. The molecule has 1 heterocycles. The van der Waals surface area contributed by atoms with E-state index >= 15 is 0 Å². The van der Waals surface area contributed by atoms with E-state index in [1.807, 2.05) is 6.07 Å². The second-order valence-corrected chi connectivity index (χ2v) is 6.38. The summed E-state index contributed by atoms with van der Waals surface area (Å²) < 4.78 is 0. The van der Waals surface area contributed by atoms with Gasteiger partial charge >= 0.3 is 5.97 Å². The quantitative estimate of drug-likeness (QED) is 0.840. The third kappa shape index (κ3) is 4.08. The number of carbonyl (C=O) groups excluding carboxylic acids is 1. The number of carbonyl (C=O) groups is 2. The maximum atomic E-state index is 12.2. The van der Waals surface area contributed by atoms with Crippen molar-refractivity contribution in [1.82, 2.24) is 5.32 Å². The molecule has 0 saturated heterocycles. The smallest absolute Gasteiger partial charge is 0.327 e. The van der Waals surface area contributed by atoms with Crippen LogP contribution in [0.2, 0.25) is 0 Å². The number of hydrogen-bond donors (Lipinski definition) is 2. The van der Waals surface area contributed by atoms with Gasteiger partial charge in [0.1, 0.15) is 6.04 Å². The number of hydrogen-bond acceptors (Lipinski definition) is 3. The van der Waals surface area contributed by atoms with Crippen LogP contribution in [0.5, 0.6) is 0 Å². The molecular weight excluding hydrogens is 286 g/mol. The number of nitrogens with one attached hydrogen (secondary N) is 1. The summed E-state index contributed by atoms with van der Waals surface area (Å²) in [6.07, 6.45) is 11.9. The summed E-state index contributed by atoms with van der Waals surface area (Å²) >= 11 is 1.48. The molecule has 0 radical (unpaired) electrons. The lowest BCUT2D eigenvalue weighted by Gasteiger charge is -2.10. The molecule has 0 fully saturated rings. The number of amides is 1. The number of aliphatic carboxylic acids is 1. The Balaban J connectivity index is 2.10. The van der Waals surface area contributed by atoms with Gasteiger partial charge in [0.15, 0.2) is 0 Å². The molecule has 0 bridgehead atoms. The number of aryl methyl sites for hydroxylation is 2. The van der Waals surface area contributed by atoms with Crippen LogP contribution in [-0.2, 0) is 17.6 Å². The molecule has 2 rings (SSSR count). The Morgan fingerprint density at radius 2 is 2.05 bits per heavy atom. The van der Waals surface area contributed by atoms with Gasteiger partial charge in [-0.05, 0) is 37.3 Å². The van der Waals surface area contributed by atoms with E-state index in [1.54, 1.807) is 0 Å². The van der Waals surface area contributed by atoms with Crippen molar-refractivity contribution in [1.29, 1.82) is 0 Å². The van der Waals surface area contributed by atoms with Crippen LogP contribution in [0.25, 0.3) is 0 Å². The summed E-state index contributed by atoms with van der Waals surface area (Å²) in [5, 5.41) is 11.5. The number of carboxylic acids is 1. The van der Waals surface area contributed by atoms with E-state index in [-0.39, 0.29) is 12.3 Å². The van der Waals surface area contributed by atoms with Gasteiger partial charge in [-0.25, -0.2) is 4.79 Å². The number of carboxylic acid groups (broad SMARTS) is 1. The van der Waals surface area contributed by atoms with Gasteiger partial charge in [0.2, 0.25) is 0 Å². The number of fused-ring (bicyclic) bond motifs is 1. The number of rotatable bonds is 4. The van der Waals surface area contributed by atoms with E-state index in [2.05, 4.69) is 11.2 Å². The molecule has 1 aliphatic carbocycles. The molecule has 1 amide bonds. The highest BCUT2D eigenvalue weighted by molar-refractivity contribution is 7.14. The third-order valence-corrected chi connectivity index (χ3v) is 4.88. The standard InChI is InChI=1S/C16H19NO3S/c1-2-7-12(16(19)20)17-15(18)14-10-11-8-5-3-4-6-9-13(11)21-14/h1,10,12H,3-9H2,(H,17,18)(H,19,20). The molecular formula is C16H19NO3S. The highest BCUT2D eigenvalue weighted by atomic mass is 32.1. The van der Waals surface area contributed by atoms with E-state index in [9.17, 15) is 9.59 Å². The average molecular weight is 305 g/mol. The Labute approximate surface area is 128 Å². The second-order valence-electron chi connectivity index (χ2n) is 5.25. The monoisotopic (exact) mass is 305 g/mol. The molecule has 0 aromatic carbocycles. The van der Waals surface area contributed by atoms with Crippen molar-refractivity contribution in [3.05, 3.63) is 21.4 Å². The van der Waals surface area contributed by atoms with E-state index in [0.717, 1.165) is 25.7 Å². The van der Waals surface area contributed by atoms with Crippen LogP contribution < -0.4 is 5.32 Å². The highest BCUT2D eigenvalue weighted by Gasteiger charge is 2.22. The topological polar surface area (TPSA) is 66.4 Å². The first-order valence-corrected chi connectivity index (χ1v) is 8.02. The van der Waals surface area contributed by atoms with Crippen molar-refractivity contribution in [2.45, 2.75) is 51.0 Å². The molecule has 0 aliphatic heterocycles. The van der Waals surface area contributed by atoms with E-state index in [0.29, 0.717) is 4.88 Å². The van der Waals surface area contributed by atoms with Crippen LogP contribution in [0.15, 0.2) is 6.07 Å². The van der Waals surface area contributed by atoms with Crippen molar-refractivity contribution >= 4 is 23.2 Å². The van der Waals surface area contributed by atoms with Gasteiger partial charge in [0.25, 0.3) is 5.91 Å². The van der Waals surface area contributed by atoms with E-state index in [1.165, 1.54) is 34.6 Å². The summed E-state index contributed by atoms with van der Waals surface area (Å²) in [6, 6.07) is 0.891. The Morgan fingerprint density at radius 3 is 2.71 bits per heavy atom. The fraction of sp³-hybridized carbons (Fsp3) is 0.500. The normalized spacial score (nSPS) is 16.0. The van der Waals surface area contributed by atoms with Crippen molar-refractivity contribution < 1.29 is 14.7 Å². The molecule has 112 valence electrons.